The van der Waals surface area contributed by atoms with Crippen LogP contribution in [0.25, 0.3) is 5.65 Å². The topological polar surface area (TPSA) is 93.9 Å². The van der Waals surface area contributed by atoms with Crippen LogP contribution in [0.5, 0.6) is 11.6 Å². The molecule has 4 heterocycles. The van der Waals surface area contributed by atoms with Crippen LogP contribution in [0, 0.1) is 5.82 Å². The van der Waals surface area contributed by atoms with E-state index in [0.29, 0.717) is 22.9 Å². The van der Waals surface area contributed by atoms with Gasteiger partial charge in [-0.3, -0.25) is 0 Å². The van der Waals surface area contributed by atoms with Crippen molar-refractivity contribution < 1.29 is 18.7 Å². The van der Waals surface area contributed by atoms with Crippen molar-refractivity contribution >= 4 is 17.6 Å². The number of rotatable bonds is 4. The van der Waals surface area contributed by atoms with Crippen LogP contribution in [0.2, 0.25) is 0 Å². The second-order valence-corrected chi connectivity index (χ2v) is 8.43. The standard InChI is InChI=1S/C21H25FN6O3/c1-21(2,3)26-20(29)31-16-12-24-28-9-7-17(25-18(16)28)27-8-5-6-15(27)14-10-13(22)11-23-19(14)30-4/h7,9-12,15H,5-6,8H2,1-4H3,(H,26,29)/t15-/m1/s1. The molecule has 1 saturated heterocycles. The van der Waals surface area contributed by atoms with Crippen LogP contribution in [0.4, 0.5) is 15.0 Å². The van der Waals surface area contributed by atoms with Gasteiger partial charge in [0.25, 0.3) is 0 Å². The highest BCUT2D eigenvalue weighted by Crippen LogP contribution is 2.39. The second-order valence-electron chi connectivity index (χ2n) is 8.43. The molecule has 1 aliphatic heterocycles. The molecule has 3 aromatic rings. The number of amides is 1. The van der Waals surface area contributed by atoms with Gasteiger partial charge in [-0.25, -0.2) is 23.7 Å². The number of fused-ring (bicyclic) bond motifs is 1. The van der Waals surface area contributed by atoms with Crippen molar-refractivity contribution in [2.24, 2.45) is 0 Å². The lowest BCUT2D eigenvalue weighted by molar-refractivity contribution is 0.191. The predicted octanol–water partition coefficient (Wildman–Crippen LogP) is 3.50. The Balaban J connectivity index is 1.65. The monoisotopic (exact) mass is 428 g/mol. The molecule has 9 nitrogen and oxygen atoms in total. The molecule has 0 unspecified atom stereocenters. The van der Waals surface area contributed by atoms with E-state index in [-0.39, 0.29) is 11.8 Å². The van der Waals surface area contributed by atoms with Crippen molar-refractivity contribution in [3.63, 3.8) is 0 Å². The van der Waals surface area contributed by atoms with Gasteiger partial charge in [-0.1, -0.05) is 0 Å². The lowest BCUT2D eigenvalue weighted by atomic mass is 10.1. The fraction of sp³-hybridized carbons (Fsp3) is 0.429. The number of pyridine rings is 1. The summed E-state index contributed by atoms with van der Waals surface area (Å²) in [4.78, 5) is 23.0. The molecule has 10 heteroatoms. The lowest BCUT2D eigenvalue weighted by Gasteiger charge is -2.26. The molecule has 3 aromatic heterocycles. The highest BCUT2D eigenvalue weighted by molar-refractivity contribution is 5.74. The molecule has 4 rings (SSSR count). The first-order valence-corrected chi connectivity index (χ1v) is 10.1. The molecule has 164 valence electrons. The number of carbonyl (C=O) groups is 1. The predicted molar refractivity (Wildman–Crippen MR) is 112 cm³/mol. The fourth-order valence-corrected chi connectivity index (χ4v) is 3.72. The number of methoxy groups -OCH3 is 1. The summed E-state index contributed by atoms with van der Waals surface area (Å²) >= 11 is 0. The normalized spacial score (nSPS) is 16.5. The minimum Gasteiger partial charge on any atom is -0.481 e. The molecule has 1 aliphatic rings. The summed E-state index contributed by atoms with van der Waals surface area (Å²) in [5, 5.41) is 6.95. The number of ether oxygens (including phenoxy) is 2. The molecule has 0 spiro atoms. The summed E-state index contributed by atoms with van der Waals surface area (Å²) < 4.78 is 26.2. The molecule has 1 amide bonds. The third kappa shape index (κ3) is 4.37. The van der Waals surface area contributed by atoms with E-state index in [1.54, 1.807) is 10.7 Å². The van der Waals surface area contributed by atoms with E-state index < -0.39 is 17.4 Å². The van der Waals surface area contributed by atoms with Gasteiger partial charge in [0.2, 0.25) is 11.5 Å². The van der Waals surface area contributed by atoms with Crippen molar-refractivity contribution in [3.05, 3.63) is 42.1 Å². The summed E-state index contributed by atoms with van der Waals surface area (Å²) in [6.07, 6.45) is 5.49. The minimum atomic E-state index is -0.579. The van der Waals surface area contributed by atoms with Crippen LogP contribution in [0.15, 0.2) is 30.7 Å². The van der Waals surface area contributed by atoms with E-state index >= 15 is 0 Å². The summed E-state index contributed by atoms with van der Waals surface area (Å²) in [6, 6.07) is 3.15. The Morgan fingerprint density at radius 1 is 1.32 bits per heavy atom. The Hall–Kier alpha value is -3.43. The van der Waals surface area contributed by atoms with E-state index in [1.807, 2.05) is 26.8 Å². The Kier molecular flexibility index (Phi) is 5.38. The van der Waals surface area contributed by atoms with Gasteiger partial charge in [-0.15, -0.1) is 0 Å². The zero-order chi connectivity index (χ0) is 22.2. The average molecular weight is 428 g/mol. The van der Waals surface area contributed by atoms with Gasteiger partial charge >= 0.3 is 6.09 Å². The van der Waals surface area contributed by atoms with E-state index in [1.165, 1.54) is 19.4 Å². The van der Waals surface area contributed by atoms with Crippen LogP contribution in [-0.2, 0) is 0 Å². The van der Waals surface area contributed by atoms with E-state index in [0.717, 1.165) is 25.6 Å². The van der Waals surface area contributed by atoms with Gasteiger partial charge in [0.15, 0.2) is 5.75 Å². The largest absolute Gasteiger partial charge is 0.481 e. The first-order chi connectivity index (χ1) is 14.7. The summed E-state index contributed by atoms with van der Waals surface area (Å²) in [6.45, 7) is 6.33. The number of halogens is 1. The molecule has 31 heavy (non-hydrogen) atoms. The minimum absolute atomic E-state index is 0.135. The average Bonchev–Trinajstić information content (AvgIpc) is 3.33. The molecular weight excluding hydrogens is 403 g/mol. The van der Waals surface area contributed by atoms with Gasteiger partial charge in [0.05, 0.1) is 25.5 Å². The Labute approximate surface area is 179 Å². The number of nitrogens with one attached hydrogen (secondary N) is 1. The van der Waals surface area contributed by atoms with Gasteiger partial charge < -0.3 is 19.7 Å². The van der Waals surface area contributed by atoms with Crippen LogP contribution in [0.3, 0.4) is 0 Å². The zero-order valence-corrected chi connectivity index (χ0v) is 17.9. The number of carbonyl (C=O) groups excluding carboxylic acids is 1. The maximum Gasteiger partial charge on any atom is 0.413 e. The molecule has 0 aliphatic carbocycles. The smallest absolute Gasteiger partial charge is 0.413 e. The highest BCUT2D eigenvalue weighted by atomic mass is 19.1. The van der Waals surface area contributed by atoms with Gasteiger partial charge in [-0.05, 0) is 45.7 Å². The van der Waals surface area contributed by atoms with Crippen LogP contribution in [0.1, 0.15) is 45.2 Å². The van der Waals surface area contributed by atoms with Crippen molar-refractivity contribution in [2.45, 2.75) is 45.2 Å². The number of hydrogen-bond acceptors (Lipinski definition) is 7. The van der Waals surface area contributed by atoms with Crippen molar-refractivity contribution in [2.75, 3.05) is 18.6 Å². The molecule has 0 bridgehead atoms. The van der Waals surface area contributed by atoms with E-state index in [9.17, 15) is 9.18 Å². The highest BCUT2D eigenvalue weighted by Gasteiger charge is 2.31. The summed E-state index contributed by atoms with van der Waals surface area (Å²) in [7, 11) is 1.52. The quantitative estimate of drug-likeness (QED) is 0.680. The molecule has 1 atom stereocenters. The van der Waals surface area contributed by atoms with Crippen molar-refractivity contribution in [3.8, 4) is 11.6 Å². The third-order valence-electron chi connectivity index (χ3n) is 4.95. The number of hydrogen-bond donors (Lipinski definition) is 1. The molecule has 1 fully saturated rings. The molecule has 0 saturated carbocycles. The molecule has 0 radical (unpaired) electrons. The fourth-order valence-electron chi connectivity index (χ4n) is 3.72. The van der Waals surface area contributed by atoms with Crippen molar-refractivity contribution in [1.82, 2.24) is 24.9 Å². The van der Waals surface area contributed by atoms with Gasteiger partial charge in [0, 0.05) is 23.8 Å². The maximum atomic E-state index is 13.9. The maximum absolute atomic E-state index is 13.9. The van der Waals surface area contributed by atoms with Crippen LogP contribution in [-0.4, -0.2) is 44.9 Å². The summed E-state index contributed by atoms with van der Waals surface area (Å²) in [5.74, 6) is 0.904. The van der Waals surface area contributed by atoms with Crippen LogP contribution >= 0.6 is 0 Å². The number of anilines is 1. The number of aromatic nitrogens is 4. The Morgan fingerprint density at radius 2 is 2.13 bits per heavy atom. The van der Waals surface area contributed by atoms with Gasteiger partial charge in [0.1, 0.15) is 11.6 Å². The van der Waals surface area contributed by atoms with E-state index in [2.05, 4.69) is 25.3 Å². The lowest BCUT2D eigenvalue weighted by Crippen LogP contribution is -2.42. The van der Waals surface area contributed by atoms with E-state index in [4.69, 9.17) is 9.47 Å². The molecular formula is C21H25FN6O3. The summed E-state index contributed by atoms with van der Waals surface area (Å²) in [5.41, 5.74) is 0.659. The number of nitrogens with zero attached hydrogens (tertiary/aromatic N) is 5. The SMILES string of the molecule is COc1ncc(F)cc1[C@H]1CCCN1c1ccn2ncc(OC(=O)NC(C)(C)C)c2n1. The molecule has 1 N–H and O–H groups in total. The second kappa shape index (κ2) is 8.01. The van der Waals surface area contributed by atoms with Crippen LogP contribution < -0.4 is 19.7 Å². The van der Waals surface area contributed by atoms with Gasteiger partial charge in [-0.2, -0.15) is 5.10 Å². The van der Waals surface area contributed by atoms with Crippen molar-refractivity contribution in [1.29, 1.82) is 0 Å². The first-order valence-electron chi connectivity index (χ1n) is 10.1. The third-order valence-corrected chi connectivity index (χ3v) is 4.95. The first kappa shape index (κ1) is 20.8. The Bertz CT molecular complexity index is 1110. The molecule has 0 aromatic carbocycles. The zero-order valence-electron chi connectivity index (χ0n) is 17.9. The Morgan fingerprint density at radius 3 is 2.87 bits per heavy atom.